The van der Waals surface area contributed by atoms with E-state index in [9.17, 15) is 4.79 Å². The number of likely N-dealkylation sites (N-methyl/N-ethyl adjacent to an activating group) is 1. The van der Waals surface area contributed by atoms with Crippen molar-refractivity contribution >= 4 is 5.91 Å². The van der Waals surface area contributed by atoms with Crippen LogP contribution in [0.5, 0.6) is 0 Å². The van der Waals surface area contributed by atoms with Crippen molar-refractivity contribution in [2.24, 2.45) is 11.7 Å². The predicted molar refractivity (Wildman–Crippen MR) is 77.9 cm³/mol. The first-order chi connectivity index (χ1) is 9.10. The number of rotatable bonds is 5. The number of amides is 1. The summed E-state index contributed by atoms with van der Waals surface area (Å²) in [6.45, 7) is 2.95. The average Bonchev–Trinajstić information content (AvgIpc) is 2.41. The van der Waals surface area contributed by atoms with Crippen LogP contribution in [0.2, 0.25) is 0 Å². The number of nitrogens with zero attached hydrogens (tertiary/aromatic N) is 1. The number of hydrogen-bond donors (Lipinski definition) is 1. The van der Waals surface area contributed by atoms with E-state index in [1.165, 1.54) is 11.1 Å². The van der Waals surface area contributed by atoms with Crippen LogP contribution < -0.4 is 5.73 Å². The SMILES string of the molecule is CCc1ccc(CCN(C)C(=O)C2CC(N)C2)cc1. The molecule has 2 rings (SSSR count). The highest BCUT2D eigenvalue weighted by Crippen LogP contribution is 2.27. The zero-order valence-electron chi connectivity index (χ0n) is 11.9. The van der Waals surface area contributed by atoms with Crippen LogP contribution in [-0.4, -0.2) is 30.4 Å². The number of hydrogen-bond acceptors (Lipinski definition) is 2. The van der Waals surface area contributed by atoms with E-state index >= 15 is 0 Å². The van der Waals surface area contributed by atoms with Crippen LogP contribution in [0, 0.1) is 5.92 Å². The van der Waals surface area contributed by atoms with Crippen molar-refractivity contribution in [2.45, 2.75) is 38.6 Å². The molecule has 0 aliphatic heterocycles. The Balaban J connectivity index is 1.79. The van der Waals surface area contributed by atoms with Gasteiger partial charge in [0, 0.05) is 25.6 Å². The Morgan fingerprint density at radius 1 is 1.26 bits per heavy atom. The monoisotopic (exact) mass is 260 g/mol. The van der Waals surface area contributed by atoms with Gasteiger partial charge in [-0.25, -0.2) is 0 Å². The smallest absolute Gasteiger partial charge is 0.225 e. The third-order valence-corrected chi connectivity index (χ3v) is 4.07. The van der Waals surface area contributed by atoms with Gasteiger partial charge in [0.15, 0.2) is 0 Å². The summed E-state index contributed by atoms with van der Waals surface area (Å²) >= 11 is 0. The first-order valence-corrected chi connectivity index (χ1v) is 7.18. The molecule has 0 heterocycles. The van der Waals surface area contributed by atoms with Gasteiger partial charge in [0.2, 0.25) is 5.91 Å². The van der Waals surface area contributed by atoms with Gasteiger partial charge in [-0.15, -0.1) is 0 Å². The molecule has 1 fully saturated rings. The highest BCUT2D eigenvalue weighted by atomic mass is 16.2. The first kappa shape index (κ1) is 14.1. The zero-order chi connectivity index (χ0) is 13.8. The molecule has 0 saturated heterocycles. The molecule has 1 aliphatic rings. The predicted octanol–water partition coefficient (Wildman–Crippen LogP) is 1.99. The first-order valence-electron chi connectivity index (χ1n) is 7.18. The lowest BCUT2D eigenvalue weighted by molar-refractivity contribution is -0.137. The number of benzene rings is 1. The second-order valence-electron chi connectivity index (χ2n) is 5.61. The molecule has 1 aromatic carbocycles. The maximum atomic E-state index is 12.1. The molecule has 0 spiro atoms. The van der Waals surface area contributed by atoms with Crippen LogP contribution >= 0.6 is 0 Å². The molecule has 1 aliphatic carbocycles. The van der Waals surface area contributed by atoms with Crippen LogP contribution in [0.4, 0.5) is 0 Å². The van der Waals surface area contributed by atoms with E-state index in [2.05, 4.69) is 31.2 Å². The molecule has 1 amide bonds. The molecule has 1 aromatic rings. The Hall–Kier alpha value is -1.35. The van der Waals surface area contributed by atoms with Gasteiger partial charge in [-0.2, -0.15) is 0 Å². The molecule has 0 radical (unpaired) electrons. The molecule has 0 aromatic heterocycles. The van der Waals surface area contributed by atoms with Crippen molar-refractivity contribution in [1.29, 1.82) is 0 Å². The number of nitrogens with two attached hydrogens (primary N) is 1. The van der Waals surface area contributed by atoms with Gasteiger partial charge in [-0.05, 0) is 36.8 Å². The fourth-order valence-corrected chi connectivity index (χ4v) is 2.52. The molecule has 3 nitrogen and oxygen atoms in total. The molecule has 104 valence electrons. The quantitative estimate of drug-likeness (QED) is 0.880. The van der Waals surface area contributed by atoms with Gasteiger partial charge in [-0.3, -0.25) is 4.79 Å². The Kier molecular flexibility index (Phi) is 4.59. The van der Waals surface area contributed by atoms with Crippen LogP contribution in [0.1, 0.15) is 30.9 Å². The second kappa shape index (κ2) is 6.20. The van der Waals surface area contributed by atoms with Crippen molar-refractivity contribution in [3.05, 3.63) is 35.4 Å². The summed E-state index contributed by atoms with van der Waals surface area (Å²) in [5.41, 5.74) is 8.38. The van der Waals surface area contributed by atoms with Crippen molar-refractivity contribution in [3.8, 4) is 0 Å². The summed E-state index contributed by atoms with van der Waals surface area (Å²) in [5, 5.41) is 0. The summed E-state index contributed by atoms with van der Waals surface area (Å²) in [4.78, 5) is 13.9. The lowest BCUT2D eigenvalue weighted by Gasteiger charge is -2.34. The lowest BCUT2D eigenvalue weighted by atomic mass is 9.80. The number of aryl methyl sites for hydroxylation is 1. The third-order valence-electron chi connectivity index (χ3n) is 4.07. The van der Waals surface area contributed by atoms with Crippen LogP contribution in [0.15, 0.2) is 24.3 Å². The molecular formula is C16H24N2O. The van der Waals surface area contributed by atoms with E-state index in [1.807, 2.05) is 11.9 Å². The van der Waals surface area contributed by atoms with Gasteiger partial charge in [-0.1, -0.05) is 31.2 Å². The van der Waals surface area contributed by atoms with Crippen LogP contribution in [0.3, 0.4) is 0 Å². The minimum Gasteiger partial charge on any atom is -0.345 e. The van der Waals surface area contributed by atoms with Crippen molar-refractivity contribution < 1.29 is 4.79 Å². The average molecular weight is 260 g/mol. The molecular weight excluding hydrogens is 236 g/mol. The van der Waals surface area contributed by atoms with E-state index in [0.717, 1.165) is 32.2 Å². The molecule has 3 heteroatoms. The molecule has 1 saturated carbocycles. The van der Waals surface area contributed by atoms with Gasteiger partial charge >= 0.3 is 0 Å². The van der Waals surface area contributed by atoms with Crippen LogP contribution in [-0.2, 0) is 17.6 Å². The van der Waals surface area contributed by atoms with E-state index in [4.69, 9.17) is 5.73 Å². The summed E-state index contributed by atoms with van der Waals surface area (Å²) in [7, 11) is 1.90. The standard InChI is InChI=1S/C16H24N2O/c1-3-12-4-6-13(7-5-12)8-9-18(2)16(19)14-10-15(17)11-14/h4-7,14-15H,3,8-11,17H2,1-2H3. The highest BCUT2D eigenvalue weighted by Gasteiger charge is 2.33. The fraction of sp³-hybridized carbons (Fsp3) is 0.562. The zero-order valence-corrected chi connectivity index (χ0v) is 11.9. The topological polar surface area (TPSA) is 46.3 Å². The van der Waals surface area contributed by atoms with Crippen molar-refractivity contribution in [2.75, 3.05) is 13.6 Å². The number of carbonyl (C=O) groups excluding carboxylic acids is 1. The summed E-state index contributed by atoms with van der Waals surface area (Å²) in [6, 6.07) is 8.90. The van der Waals surface area contributed by atoms with Crippen molar-refractivity contribution in [3.63, 3.8) is 0 Å². The Morgan fingerprint density at radius 2 is 1.84 bits per heavy atom. The molecule has 0 unspecified atom stereocenters. The van der Waals surface area contributed by atoms with Crippen molar-refractivity contribution in [1.82, 2.24) is 4.90 Å². The fourth-order valence-electron chi connectivity index (χ4n) is 2.52. The van der Waals surface area contributed by atoms with E-state index in [1.54, 1.807) is 0 Å². The largest absolute Gasteiger partial charge is 0.345 e. The molecule has 0 bridgehead atoms. The summed E-state index contributed by atoms with van der Waals surface area (Å²) in [6.07, 6.45) is 3.70. The van der Waals surface area contributed by atoms with E-state index in [0.29, 0.717) is 0 Å². The molecule has 0 atom stereocenters. The minimum absolute atomic E-state index is 0.169. The summed E-state index contributed by atoms with van der Waals surface area (Å²) in [5.74, 6) is 0.425. The van der Waals surface area contributed by atoms with Gasteiger partial charge in [0.25, 0.3) is 0 Å². The Morgan fingerprint density at radius 3 is 2.37 bits per heavy atom. The third kappa shape index (κ3) is 3.57. The normalized spacial score (nSPS) is 21.8. The number of carbonyl (C=O) groups is 1. The Bertz CT molecular complexity index is 421. The van der Waals surface area contributed by atoms with Crippen LogP contribution in [0.25, 0.3) is 0 Å². The second-order valence-corrected chi connectivity index (χ2v) is 5.61. The van der Waals surface area contributed by atoms with Gasteiger partial charge in [0.05, 0.1) is 0 Å². The van der Waals surface area contributed by atoms with Gasteiger partial charge in [0.1, 0.15) is 0 Å². The highest BCUT2D eigenvalue weighted by molar-refractivity contribution is 5.79. The Labute approximate surface area is 115 Å². The van der Waals surface area contributed by atoms with Gasteiger partial charge < -0.3 is 10.6 Å². The summed E-state index contributed by atoms with van der Waals surface area (Å²) < 4.78 is 0. The maximum absolute atomic E-state index is 12.1. The minimum atomic E-state index is 0.169. The molecule has 19 heavy (non-hydrogen) atoms. The molecule has 2 N–H and O–H groups in total. The van der Waals surface area contributed by atoms with E-state index in [-0.39, 0.29) is 17.9 Å². The van der Waals surface area contributed by atoms with E-state index < -0.39 is 0 Å². The lowest BCUT2D eigenvalue weighted by Crippen LogP contribution is -2.46. The maximum Gasteiger partial charge on any atom is 0.225 e.